The summed E-state index contributed by atoms with van der Waals surface area (Å²) in [5, 5.41) is 11.4. The third-order valence-electron chi connectivity index (χ3n) is 3.44. The Morgan fingerprint density at radius 1 is 1.48 bits per heavy atom. The van der Waals surface area contributed by atoms with E-state index >= 15 is 0 Å². The number of carbonyl (C=O) groups excluding carboxylic acids is 1. The lowest BCUT2D eigenvalue weighted by Crippen LogP contribution is -2.51. The molecule has 0 aliphatic carbocycles. The van der Waals surface area contributed by atoms with Crippen molar-refractivity contribution in [2.75, 3.05) is 26.9 Å². The molecule has 1 fully saturated rings. The van der Waals surface area contributed by atoms with E-state index in [0.29, 0.717) is 13.0 Å². The van der Waals surface area contributed by atoms with Crippen molar-refractivity contribution >= 4 is 11.9 Å². The maximum atomic E-state index is 13.4. The lowest BCUT2D eigenvalue weighted by atomic mass is 10.1. The van der Waals surface area contributed by atoms with Crippen molar-refractivity contribution in [3.05, 3.63) is 29.6 Å². The molecule has 1 saturated heterocycles. The highest BCUT2D eigenvalue weighted by atomic mass is 19.1. The van der Waals surface area contributed by atoms with E-state index < -0.39 is 36.4 Å². The number of hydrogen-bond donors (Lipinski definition) is 2. The van der Waals surface area contributed by atoms with Crippen LogP contribution in [0.1, 0.15) is 16.8 Å². The Morgan fingerprint density at radius 2 is 2.26 bits per heavy atom. The van der Waals surface area contributed by atoms with Crippen LogP contribution in [0.4, 0.5) is 4.39 Å². The van der Waals surface area contributed by atoms with Gasteiger partial charge in [0.15, 0.2) is 11.6 Å². The van der Waals surface area contributed by atoms with Gasteiger partial charge in [-0.1, -0.05) is 0 Å². The lowest BCUT2D eigenvalue weighted by Gasteiger charge is -2.31. The van der Waals surface area contributed by atoms with Crippen LogP contribution in [0.15, 0.2) is 18.2 Å². The minimum Gasteiger partial charge on any atom is -0.494 e. The van der Waals surface area contributed by atoms with Crippen LogP contribution in [-0.4, -0.2) is 56.1 Å². The molecule has 0 spiro atoms. The predicted octanol–water partition coefficient (Wildman–Crippen LogP) is 0.823. The maximum absolute atomic E-state index is 13.4. The van der Waals surface area contributed by atoms with Crippen molar-refractivity contribution in [1.29, 1.82) is 0 Å². The highest BCUT2D eigenvalue weighted by Gasteiger charge is 2.29. The molecule has 2 atom stereocenters. The van der Waals surface area contributed by atoms with Crippen molar-refractivity contribution in [2.24, 2.45) is 0 Å². The number of benzene rings is 1. The summed E-state index contributed by atoms with van der Waals surface area (Å²) >= 11 is 0. The maximum Gasteiger partial charge on any atom is 0.329 e. The van der Waals surface area contributed by atoms with Gasteiger partial charge in [-0.2, -0.15) is 0 Å². The summed E-state index contributed by atoms with van der Waals surface area (Å²) in [6, 6.07) is 3.29. The molecule has 126 valence electrons. The number of hydrogen-bond acceptors (Lipinski definition) is 5. The molecule has 0 unspecified atom stereocenters. The zero-order chi connectivity index (χ0) is 16.8. The van der Waals surface area contributed by atoms with Crippen LogP contribution >= 0.6 is 0 Å². The van der Waals surface area contributed by atoms with E-state index in [1.807, 2.05) is 0 Å². The topological polar surface area (TPSA) is 94.1 Å². The summed E-state index contributed by atoms with van der Waals surface area (Å²) < 4.78 is 28.8. The Kier molecular flexibility index (Phi) is 5.89. The molecule has 1 aromatic carbocycles. The van der Waals surface area contributed by atoms with Crippen LogP contribution in [0.5, 0.6) is 5.75 Å². The number of aliphatic carboxylic acids is 1. The zero-order valence-corrected chi connectivity index (χ0v) is 12.6. The van der Waals surface area contributed by atoms with Gasteiger partial charge in [0.1, 0.15) is 6.61 Å². The van der Waals surface area contributed by atoms with Crippen LogP contribution in [0.25, 0.3) is 0 Å². The van der Waals surface area contributed by atoms with Crippen molar-refractivity contribution in [3.8, 4) is 5.75 Å². The van der Waals surface area contributed by atoms with E-state index in [1.165, 1.54) is 19.2 Å². The van der Waals surface area contributed by atoms with Gasteiger partial charge in [0, 0.05) is 12.2 Å². The highest BCUT2D eigenvalue weighted by molar-refractivity contribution is 5.94. The molecule has 2 rings (SSSR count). The van der Waals surface area contributed by atoms with Crippen molar-refractivity contribution in [1.82, 2.24) is 5.32 Å². The van der Waals surface area contributed by atoms with Crippen molar-refractivity contribution in [3.63, 3.8) is 0 Å². The van der Waals surface area contributed by atoms with E-state index in [0.717, 1.165) is 6.07 Å². The summed E-state index contributed by atoms with van der Waals surface area (Å²) in [6.45, 7) is 0.205. The highest BCUT2D eigenvalue weighted by Crippen LogP contribution is 2.19. The molecule has 0 saturated carbocycles. The second kappa shape index (κ2) is 7.89. The molecule has 8 heteroatoms. The second-order valence-electron chi connectivity index (χ2n) is 5.04. The number of nitrogens with one attached hydrogen (secondary N) is 1. The molecular formula is C15H18FNO6. The molecule has 1 heterocycles. The molecule has 0 aromatic heterocycles. The van der Waals surface area contributed by atoms with Gasteiger partial charge in [0.25, 0.3) is 5.91 Å². The Hall–Kier alpha value is -2.19. The van der Waals surface area contributed by atoms with E-state index in [-0.39, 0.29) is 17.9 Å². The molecule has 0 bridgehead atoms. The van der Waals surface area contributed by atoms with Gasteiger partial charge in [-0.05, 0) is 24.6 Å². The number of halogens is 1. The lowest BCUT2D eigenvalue weighted by molar-refractivity contribution is -0.147. The molecular weight excluding hydrogens is 309 g/mol. The van der Waals surface area contributed by atoms with Gasteiger partial charge < -0.3 is 24.6 Å². The van der Waals surface area contributed by atoms with Gasteiger partial charge >= 0.3 is 5.97 Å². The molecule has 1 amide bonds. The first-order valence-electron chi connectivity index (χ1n) is 7.07. The first-order valence-corrected chi connectivity index (χ1v) is 7.07. The SMILES string of the molecule is COc1cc(C(=O)N[C@@H]2COCC[C@@H]2OCC(=O)O)ccc1F. The summed E-state index contributed by atoms with van der Waals surface area (Å²) in [6.07, 6.45) is 0.0245. The third kappa shape index (κ3) is 4.64. The van der Waals surface area contributed by atoms with Crippen LogP contribution in [0.3, 0.4) is 0 Å². The molecule has 23 heavy (non-hydrogen) atoms. The van der Waals surface area contributed by atoms with E-state index in [4.69, 9.17) is 19.3 Å². The zero-order valence-electron chi connectivity index (χ0n) is 12.6. The van der Waals surface area contributed by atoms with Crippen molar-refractivity contribution in [2.45, 2.75) is 18.6 Å². The largest absolute Gasteiger partial charge is 0.494 e. The Morgan fingerprint density at radius 3 is 2.96 bits per heavy atom. The van der Waals surface area contributed by atoms with Gasteiger partial charge in [-0.15, -0.1) is 0 Å². The number of amides is 1. The molecule has 7 nitrogen and oxygen atoms in total. The van der Waals surface area contributed by atoms with Gasteiger partial charge in [0.05, 0.1) is 25.9 Å². The van der Waals surface area contributed by atoms with Gasteiger partial charge in [-0.3, -0.25) is 4.79 Å². The molecule has 1 aromatic rings. The van der Waals surface area contributed by atoms with Crippen LogP contribution in [0, 0.1) is 5.82 Å². The standard InChI is InChI=1S/C15H18FNO6/c1-21-13-6-9(2-3-10(13)16)15(20)17-11-7-22-5-4-12(11)23-8-14(18)19/h2-3,6,11-12H,4-5,7-8H2,1H3,(H,17,20)(H,18,19)/t11-,12+/m1/s1. The summed E-state index contributed by atoms with van der Waals surface area (Å²) in [5.74, 6) is -2.11. The second-order valence-corrected chi connectivity index (χ2v) is 5.04. The normalized spacial score (nSPS) is 20.8. The first kappa shape index (κ1) is 17.2. The fourth-order valence-corrected chi connectivity index (χ4v) is 2.28. The van der Waals surface area contributed by atoms with Crippen LogP contribution in [0.2, 0.25) is 0 Å². The average molecular weight is 327 g/mol. The van der Waals surface area contributed by atoms with Gasteiger partial charge in [-0.25, -0.2) is 9.18 Å². The van der Waals surface area contributed by atoms with Crippen LogP contribution in [-0.2, 0) is 14.3 Å². The minimum atomic E-state index is -1.08. The van der Waals surface area contributed by atoms with E-state index in [1.54, 1.807) is 0 Å². The summed E-state index contributed by atoms with van der Waals surface area (Å²) in [7, 11) is 1.31. The minimum absolute atomic E-state index is 0.0313. The smallest absolute Gasteiger partial charge is 0.329 e. The van der Waals surface area contributed by atoms with Gasteiger partial charge in [0.2, 0.25) is 0 Å². The fraction of sp³-hybridized carbons (Fsp3) is 0.467. The number of carbonyl (C=O) groups is 2. The molecule has 1 aliphatic heterocycles. The number of methoxy groups -OCH3 is 1. The quantitative estimate of drug-likeness (QED) is 0.803. The van der Waals surface area contributed by atoms with Crippen molar-refractivity contribution < 1.29 is 33.3 Å². The molecule has 2 N–H and O–H groups in total. The predicted molar refractivity (Wildman–Crippen MR) is 77.0 cm³/mol. The molecule has 0 radical (unpaired) electrons. The third-order valence-corrected chi connectivity index (χ3v) is 3.44. The van der Waals surface area contributed by atoms with E-state index in [9.17, 15) is 14.0 Å². The summed E-state index contributed by atoms with van der Waals surface area (Å²) in [4.78, 5) is 22.9. The number of carboxylic acids is 1. The number of carboxylic acid groups (broad SMARTS) is 1. The van der Waals surface area contributed by atoms with Crippen LogP contribution < -0.4 is 10.1 Å². The average Bonchev–Trinajstić information content (AvgIpc) is 2.54. The molecule has 1 aliphatic rings. The Balaban J connectivity index is 2.03. The number of ether oxygens (including phenoxy) is 3. The first-order chi connectivity index (χ1) is 11.0. The number of rotatable bonds is 6. The monoisotopic (exact) mass is 327 g/mol. The van der Waals surface area contributed by atoms with E-state index in [2.05, 4.69) is 5.32 Å². The Bertz CT molecular complexity index is 579. The fourth-order valence-electron chi connectivity index (χ4n) is 2.28. The Labute approximate surface area is 132 Å². The summed E-state index contributed by atoms with van der Waals surface area (Å²) in [5.41, 5.74) is 0.228.